The molecule has 3 nitrogen and oxygen atoms in total. The molecule has 1 heterocycles. The lowest BCUT2D eigenvalue weighted by atomic mass is 9.81. The molecule has 1 aromatic heterocycles. The standard InChI is InChI=1S/C14H16ClNO2/c1-8-11(15)5-4-9-10(7-16-13(8)9)14(2,3)6-12(17)18/h4-5,7,16H,6H2,1-3H3,(H,17,18). The molecular weight excluding hydrogens is 250 g/mol. The van der Waals surface area contributed by atoms with E-state index in [-0.39, 0.29) is 6.42 Å². The molecule has 0 saturated carbocycles. The summed E-state index contributed by atoms with van der Waals surface area (Å²) in [5, 5.41) is 10.7. The van der Waals surface area contributed by atoms with Crippen LogP contribution in [0.1, 0.15) is 31.4 Å². The number of carboxylic acids is 1. The van der Waals surface area contributed by atoms with E-state index in [0.29, 0.717) is 5.02 Å². The van der Waals surface area contributed by atoms with Crippen molar-refractivity contribution in [2.75, 3.05) is 0 Å². The van der Waals surface area contributed by atoms with Gasteiger partial charge < -0.3 is 10.1 Å². The van der Waals surface area contributed by atoms with Gasteiger partial charge in [0.15, 0.2) is 0 Å². The van der Waals surface area contributed by atoms with Gasteiger partial charge in [0.25, 0.3) is 0 Å². The van der Waals surface area contributed by atoms with Crippen molar-refractivity contribution in [3.8, 4) is 0 Å². The highest BCUT2D eigenvalue weighted by molar-refractivity contribution is 6.32. The van der Waals surface area contributed by atoms with Crippen LogP contribution in [0.4, 0.5) is 0 Å². The monoisotopic (exact) mass is 265 g/mol. The Morgan fingerprint density at radius 1 is 1.44 bits per heavy atom. The number of aromatic amines is 1. The molecule has 0 aliphatic heterocycles. The third kappa shape index (κ3) is 2.10. The zero-order valence-electron chi connectivity index (χ0n) is 10.7. The lowest BCUT2D eigenvalue weighted by Crippen LogP contribution is -2.21. The largest absolute Gasteiger partial charge is 0.481 e. The average molecular weight is 266 g/mol. The summed E-state index contributed by atoms with van der Waals surface area (Å²) >= 11 is 6.08. The molecule has 0 unspecified atom stereocenters. The summed E-state index contributed by atoms with van der Waals surface area (Å²) in [6.45, 7) is 5.83. The fourth-order valence-electron chi connectivity index (χ4n) is 2.35. The second-order valence-electron chi connectivity index (χ2n) is 5.25. The molecule has 2 N–H and O–H groups in total. The Hall–Kier alpha value is -1.48. The number of benzene rings is 1. The number of hydrogen-bond donors (Lipinski definition) is 2. The molecule has 0 aliphatic carbocycles. The van der Waals surface area contributed by atoms with Gasteiger partial charge in [-0.15, -0.1) is 0 Å². The topological polar surface area (TPSA) is 53.1 Å². The second-order valence-corrected chi connectivity index (χ2v) is 5.66. The molecule has 2 rings (SSSR count). The van der Waals surface area contributed by atoms with Gasteiger partial charge in [-0.3, -0.25) is 4.79 Å². The van der Waals surface area contributed by atoms with Gasteiger partial charge in [0.1, 0.15) is 0 Å². The van der Waals surface area contributed by atoms with Gasteiger partial charge in [-0.2, -0.15) is 0 Å². The van der Waals surface area contributed by atoms with Crippen LogP contribution in [0.25, 0.3) is 10.9 Å². The van der Waals surface area contributed by atoms with Crippen LogP contribution in [0.2, 0.25) is 5.02 Å². The van der Waals surface area contributed by atoms with Gasteiger partial charge in [-0.25, -0.2) is 0 Å². The third-order valence-corrected chi connectivity index (χ3v) is 3.78. The number of aryl methyl sites for hydroxylation is 1. The SMILES string of the molecule is Cc1c(Cl)ccc2c(C(C)(C)CC(=O)O)c[nH]c12. The summed E-state index contributed by atoms with van der Waals surface area (Å²) in [6, 6.07) is 3.80. The summed E-state index contributed by atoms with van der Waals surface area (Å²) < 4.78 is 0. The predicted molar refractivity (Wildman–Crippen MR) is 73.3 cm³/mol. The van der Waals surface area contributed by atoms with Crippen LogP contribution in [0.3, 0.4) is 0 Å². The average Bonchev–Trinajstić information content (AvgIpc) is 2.66. The summed E-state index contributed by atoms with van der Waals surface area (Å²) in [5.41, 5.74) is 2.58. The fraction of sp³-hybridized carbons (Fsp3) is 0.357. The van der Waals surface area contributed by atoms with Crippen LogP contribution in [0.15, 0.2) is 18.3 Å². The molecule has 0 aliphatic rings. The highest BCUT2D eigenvalue weighted by atomic mass is 35.5. The van der Waals surface area contributed by atoms with Crippen LogP contribution in [0, 0.1) is 6.92 Å². The van der Waals surface area contributed by atoms with Crippen molar-refractivity contribution in [3.05, 3.63) is 34.5 Å². The lowest BCUT2D eigenvalue weighted by Gasteiger charge is -2.22. The minimum atomic E-state index is -0.792. The molecule has 18 heavy (non-hydrogen) atoms. The van der Waals surface area contributed by atoms with Gasteiger partial charge in [-0.05, 0) is 24.1 Å². The van der Waals surface area contributed by atoms with E-state index in [2.05, 4.69) is 4.98 Å². The van der Waals surface area contributed by atoms with Gasteiger partial charge in [0, 0.05) is 22.0 Å². The number of halogens is 1. The van der Waals surface area contributed by atoms with E-state index in [4.69, 9.17) is 16.7 Å². The molecule has 2 aromatic rings. The van der Waals surface area contributed by atoms with E-state index in [1.807, 2.05) is 39.1 Å². The summed E-state index contributed by atoms with van der Waals surface area (Å²) in [7, 11) is 0. The first-order valence-electron chi connectivity index (χ1n) is 5.81. The van der Waals surface area contributed by atoms with Crippen LogP contribution < -0.4 is 0 Å². The smallest absolute Gasteiger partial charge is 0.304 e. The molecule has 0 saturated heterocycles. The molecular formula is C14H16ClNO2. The third-order valence-electron chi connectivity index (χ3n) is 3.37. The summed E-state index contributed by atoms with van der Waals surface area (Å²) in [5.74, 6) is -0.792. The van der Waals surface area contributed by atoms with Crippen LogP contribution in [0.5, 0.6) is 0 Å². The quantitative estimate of drug-likeness (QED) is 0.885. The second kappa shape index (κ2) is 4.32. The van der Waals surface area contributed by atoms with Crippen LogP contribution >= 0.6 is 11.6 Å². The van der Waals surface area contributed by atoms with Crippen molar-refractivity contribution in [2.24, 2.45) is 0 Å². The van der Waals surface area contributed by atoms with E-state index in [0.717, 1.165) is 22.0 Å². The minimum absolute atomic E-state index is 0.0988. The Balaban J connectivity index is 2.60. The Morgan fingerprint density at radius 2 is 2.11 bits per heavy atom. The van der Waals surface area contributed by atoms with Crippen LogP contribution in [-0.2, 0) is 10.2 Å². The van der Waals surface area contributed by atoms with Crippen LogP contribution in [-0.4, -0.2) is 16.1 Å². The Labute approximate surface area is 111 Å². The number of nitrogens with one attached hydrogen (secondary N) is 1. The molecule has 4 heteroatoms. The molecule has 0 atom stereocenters. The number of fused-ring (bicyclic) bond motifs is 1. The number of aliphatic carboxylic acids is 1. The fourth-order valence-corrected chi connectivity index (χ4v) is 2.51. The summed E-state index contributed by atoms with van der Waals surface area (Å²) in [6.07, 6.45) is 1.98. The first kappa shape index (κ1) is 13.0. The van der Waals surface area contributed by atoms with Crippen molar-refractivity contribution in [3.63, 3.8) is 0 Å². The lowest BCUT2D eigenvalue weighted by molar-refractivity contribution is -0.138. The van der Waals surface area contributed by atoms with Crippen molar-refractivity contribution in [2.45, 2.75) is 32.6 Å². The van der Waals surface area contributed by atoms with E-state index in [1.54, 1.807) is 0 Å². The normalized spacial score (nSPS) is 12.0. The highest BCUT2D eigenvalue weighted by Gasteiger charge is 2.27. The Kier molecular flexibility index (Phi) is 3.11. The first-order chi connectivity index (χ1) is 8.33. The maximum absolute atomic E-state index is 10.9. The zero-order chi connectivity index (χ0) is 13.5. The highest BCUT2D eigenvalue weighted by Crippen LogP contribution is 2.35. The van der Waals surface area contributed by atoms with Gasteiger partial charge in [0.05, 0.1) is 11.9 Å². The Morgan fingerprint density at radius 3 is 2.72 bits per heavy atom. The van der Waals surface area contributed by atoms with E-state index in [1.165, 1.54) is 0 Å². The molecule has 0 fully saturated rings. The first-order valence-corrected chi connectivity index (χ1v) is 6.19. The van der Waals surface area contributed by atoms with Crippen molar-refractivity contribution < 1.29 is 9.90 Å². The van der Waals surface area contributed by atoms with Gasteiger partial charge >= 0.3 is 5.97 Å². The maximum Gasteiger partial charge on any atom is 0.304 e. The number of H-pyrrole nitrogens is 1. The van der Waals surface area contributed by atoms with Gasteiger partial charge in [-0.1, -0.05) is 31.5 Å². The van der Waals surface area contributed by atoms with E-state index in [9.17, 15) is 4.79 Å². The van der Waals surface area contributed by atoms with Crippen molar-refractivity contribution in [1.29, 1.82) is 0 Å². The van der Waals surface area contributed by atoms with E-state index >= 15 is 0 Å². The number of rotatable bonds is 3. The number of carboxylic acid groups (broad SMARTS) is 1. The Bertz CT molecular complexity index is 614. The molecule has 96 valence electrons. The number of hydrogen-bond acceptors (Lipinski definition) is 1. The van der Waals surface area contributed by atoms with Crippen molar-refractivity contribution >= 4 is 28.5 Å². The summed E-state index contributed by atoms with van der Waals surface area (Å²) in [4.78, 5) is 14.1. The molecule has 0 bridgehead atoms. The maximum atomic E-state index is 10.9. The number of carbonyl (C=O) groups is 1. The minimum Gasteiger partial charge on any atom is -0.481 e. The molecule has 0 spiro atoms. The zero-order valence-corrected chi connectivity index (χ0v) is 11.4. The van der Waals surface area contributed by atoms with E-state index < -0.39 is 11.4 Å². The number of aromatic nitrogens is 1. The molecule has 1 aromatic carbocycles. The molecule has 0 amide bonds. The van der Waals surface area contributed by atoms with Crippen molar-refractivity contribution in [1.82, 2.24) is 4.98 Å². The predicted octanol–water partition coefficient (Wildman–Crippen LogP) is 3.88. The van der Waals surface area contributed by atoms with Gasteiger partial charge in [0.2, 0.25) is 0 Å². The molecule has 0 radical (unpaired) electrons.